The van der Waals surface area contributed by atoms with E-state index in [9.17, 15) is 9.18 Å². The van der Waals surface area contributed by atoms with Gasteiger partial charge in [0.25, 0.3) is 0 Å². The first kappa shape index (κ1) is 15.8. The van der Waals surface area contributed by atoms with Crippen LogP contribution in [0.3, 0.4) is 0 Å². The van der Waals surface area contributed by atoms with E-state index in [1.165, 1.54) is 18.2 Å². The molecule has 2 aromatic carbocycles. The van der Waals surface area contributed by atoms with Crippen LogP contribution < -0.4 is 0 Å². The lowest BCUT2D eigenvalue weighted by Gasteiger charge is -2.03. The van der Waals surface area contributed by atoms with E-state index in [-0.39, 0.29) is 11.6 Å². The number of carbonyl (C=O) groups is 1. The molecule has 0 fully saturated rings. The van der Waals surface area contributed by atoms with Gasteiger partial charge in [-0.05, 0) is 49.8 Å². The van der Waals surface area contributed by atoms with E-state index in [0.717, 1.165) is 16.8 Å². The SMILES string of the molecule is Cc1ccc(-n2nnc(C(=O)/C=C/c3ccc(F)cc3)c2C)cc1. The molecule has 4 nitrogen and oxygen atoms in total. The number of hydrogen-bond acceptors (Lipinski definition) is 3. The third-order valence-electron chi connectivity index (χ3n) is 3.70. The number of benzene rings is 2. The summed E-state index contributed by atoms with van der Waals surface area (Å²) in [7, 11) is 0. The predicted octanol–water partition coefficient (Wildman–Crippen LogP) is 3.92. The summed E-state index contributed by atoms with van der Waals surface area (Å²) in [5, 5.41) is 8.06. The molecule has 3 rings (SSSR count). The van der Waals surface area contributed by atoms with Crippen LogP contribution in [0.25, 0.3) is 11.8 Å². The average Bonchev–Trinajstić information content (AvgIpc) is 2.96. The molecule has 24 heavy (non-hydrogen) atoms. The zero-order valence-electron chi connectivity index (χ0n) is 13.4. The Morgan fingerprint density at radius 2 is 1.71 bits per heavy atom. The molecule has 0 spiro atoms. The number of halogens is 1. The lowest BCUT2D eigenvalue weighted by atomic mass is 10.1. The molecule has 0 bridgehead atoms. The fourth-order valence-electron chi connectivity index (χ4n) is 2.31. The van der Waals surface area contributed by atoms with Crippen molar-refractivity contribution in [3.63, 3.8) is 0 Å². The van der Waals surface area contributed by atoms with E-state index in [2.05, 4.69) is 10.3 Å². The second-order valence-corrected chi connectivity index (χ2v) is 5.52. The Morgan fingerprint density at radius 3 is 2.38 bits per heavy atom. The first-order valence-electron chi connectivity index (χ1n) is 7.52. The third-order valence-corrected chi connectivity index (χ3v) is 3.70. The van der Waals surface area contributed by atoms with Gasteiger partial charge in [0, 0.05) is 0 Å². The summed E-state index contributed by atoms with van der Waals surface area (Å²) >= 11 is 0. The minimum Gasteiger partial charge on any atom is -0.287 e. The van der Waals surface area contributed by atoms with Crippen molar-refractivity contribution in [2.75, 3.05) is 0 Å². The Kier molecular flexibility index (Phi) is 4.33. The van der Waals surface area contributed by atoms with Gasteiger partial charge in [0.1, 0.15) is 5.82 Å². The number of rotatable bonds is 4. The molecule has 5 heteroatoms. The molecule has 0 saturated heterocycles. The summed E-state index contributed by atoms with van der Waals surface area (Å²) in [5.74, 6) is -0.550. The van der Waals surface area contributed by atoms with Crippen LogP contribution in [0.2, 0.25) is 0 Å². The quantitative estimate of drug-likeness (QED) is 0.540. The van der Waals surface area contributed by atoms with E-state index < -0.39 is 0 Å². The number of aromatic nitrogens is 3. The Labute approximate surface area is 139 Å². The van der Waals surface area contributed by atoms with Gasteiger partial charge in [0.15, 0.2) is 5.69 Å². The van der Waals surface area contributed by atoms with Gasteiger partial charge in [-0.2, -0.15) is 0 Å². The Morgan fingerprint density at radius 1 is 1.04 bits per heavy atom. The summed E-state index contributed by atoms with van der Waals surface area (Å²) in [4.78, 5) is 12.3. The Hall–Kier alpha value is -3.08. The van der Waals surface area contributed by atoms with Crippen LogP contribution >= 0.6 is 0 Å². The van der Waals surface area contributed by atoms with Crippen molar-refractivity contribution >= 4 is 11.9 Å². The number of nitrogens with zero attached hydrogens (tertiary/aromatic N) is 3. The molecule has 0 unspecified atom stereocenters. The monoisotopic (exact) mass is 321 g/mol. The summed E-state index contributed by atoms with van der Waals surface area (Å²) in [6.45, 7) is 3.81. The second-order valence-electron chi connectivity index (χ2n) is 5.52. The van der Waals surface area contributed by atoms with Gasteiger partial charge in [-0.15, -0.1) is 5.10 Å². The van der Waals surface area contributed by atoms with Crippen LogP contribution in [0.15, 0.2) is 54.6 Å². The van der Waals surface area contributed by atoms with Gasteiger partial charge in [0.05, 0.1) is 11.4 Å². The van der Waals surface area contributed by atoms with E-state index in [0.29, 0.717) is 11.4 Å². The van der Waals surface area contributed by atoms with Crippen LogP contribution in [0.1, 0.15) is 27.3 Å². The van der Waals surface area contributed by atoms with E-state index >= 15 is 0 Å². The maximum absolute atomic E-state index is 12.9. The van der Waals surface area contributed by atoms with Gasteiger partial charge in [-0.3, -0.25) is 4.79 Å². The van der Waals surface area contributed by atoms with Crippen molar-refractivity contribution in [1.29, 1.82) is 0 Å². The maximum Gasteiger partial charge on any atom is 0.208 e. The van der Waals surface area contributed by atoms with Crippen molar-refractivity contribution in [1.82, 2.24) is 15.0 Å². The highest BCUT2D eigenvalue weighted by Gasteiger charge is 2.15. The lowest BCUT2D eigenvalue weighted by molar-refractivity contribution is 0.104. The maximum atomic E-state index is 12.9. The highest BCUT2D eigenvalue weighted by Crippen LogP contribution is 2.14. The number of allylic oxidation sites excluding steroid dienone is 1. The van der Waals surface area contributed by atoms with Crippen molar-refractivity contribution < 1.29 is 9.18 Å². The van der Waals surface area contributed by atoms with Crippen LogP contribution in [0.5, 0.6) is 0 Å². The summed E-state index contributed by atoms with van der Waals surface area (Å²) in [5.41, 5.74) is 3.72. The van der Waals surface area contributed by atoms with Crippen molar-refractivity contribution in [3.8, 4) is 5.69 Å². The Balaban J connectivity index is 1.83. The molecule has 0 N–H and O–H groups in total. The smallest absolute Gasteiger partial charge is 0.208 e. The van der Waals surface area contributed by atoms with Crippen LogP contribution in [0.4, 0.5) is 4.39 Å². The van der Waals surface area contributed by atoms with Crippen molar-refractivity contribution in [2.45, 2.75) is 13.8 Å². The molecule has 0 saturated carbocycles. The molecule has 0 aliphatic carbocycles. The number of ketones is 1. The minimum atomic E-state index is -0.310. The predicted molar refractivity (Wildman–Crippen MR) is 90.6 cm³/mol. The normalized spacial score (nSPS) is 11.1. The molecular weight excluding hydrogens is 305 g/mol. The number of hydrogen-bond donors (Lipinski definition) is 0. The first-order valence-corrected chi connectivity index (χ1v) is 7.52. The molecular formula is C19H16FN3O. The lowest BCUT2D eigenvalue weighted by Crippen LogP contribution is -2.01. The second kappa shape index (κ2) is 6.58. The zero-order chi connectivity index (χ0) is 17.1. The molecule has 3 aromatic rings. The summed E-state index contributed by atoms with van der Waals surface area (Å²) in [6, 6.07) is 13.7. The largest absolute Gasteiger partial charge is 0.287 e. The molecule has 0 aliphatic rings. The molecule has 120 valence electrons. The van der Waals surface area contributed by atoms with E-state index in [1.807, 2.05) is 31.2 Å². The first-order chi connectivity index (χ1) is 11.5. The Bertz CT molecular complexity index is 893. The molecule has 0 atom stereocenters. The highest BCUT2D eigenvalue weighted by molar-refractivity contribution is 6.06. The fraction of sp³-hybridized carbons (Fsp3) is 0.105. The van der Waals surface area contributed by atoms with Crippen molar-refractivity contribution in [2.24, 2.45) is 0 Å². The van der Waals surface area contributed by atoms with Gasteiger partial charge in [-0.1, -0.05) is 41.1 Å². The van der Waals surface area contributed by atoms with E-state index in [1.54, 1.807) is 29.8 Å². The molecule has 1 aromatic heterocycles. The molecule has 0 amide bonds. The van der Waals surface area contributed by atoms with Gasteiger partial charge in [0.2, 0.25) is 5.78 Å². The number of aryl methyl sites for hydroxylation is 1. The van der Waals surface area contributed by atoms with E-state index in [4.69, 9.17) is 0 Å². The summed E-state index contributed by atoms with van der Waals surface area (Å²) < 4.78 is 14.5. The van der Waals surface area contributed by atoms with Gasteiger partial charge in [-0.25, -0.2) is 9.07 Å². The zero-order valence-corrected chi connectivity index (χ0v) is 13.4. The average molecular weight is 321 g/mol. The fourth-order valence-corrected chi connectivity index (χ4v) is 2.31. The topological polar surface area (TPSA) is 47.8 Å². The minimum absolute atomic E-state index is 0.241. The van der Waals surface area contributed by atoms with Crippen LogP contribution in [-0.2, 0) is 0 Å². The summed E-state index contributed by atoms with van der Waals surface area (Å²) in [6.07, 6.45) is 3.05. The highest BCUT2D eigenvalue weighted by atomic mass is 19.1. The third kappa shape index (κ3) is 3.30. The molecule has 1 heterocycles. The van der Waals surface area contributed by atoms with Crippen molar-refractivity contribution in [3.05, 3.63) is 82.9 Å². The van der Waals surface area contributed by atoms with Gasteiger partial charge < -0.3 is 0 Å². The standard InChI is InChI=1S/C19H16FN3O/c1-13-3-10-17(11-4-13)23-14(2)19(21-22-23)18(24)12-7-15-5-8-16(20)9-6-15/h3-12H,1-2H3/b12-7+. The number of carbonyl (C=O) groups excluding carboxylic acids is 1. The van der Waals surface area contributed by atoms with Crippen LogP contribution in [-0.4, -0.2) is 20.8 Å². The molecule has 0 radical (unpaired) electrons. The van der Waals surface area contributed by atoms with Crippen LogP contribution in [0, 0.1) is 19.7 Å². The molecule has 0 aliphatic heterocycles. The van der Waals surface area contributed by atoms with Gasteiger partial charge >= 0.3 is 0 Å².